The Hall–Kier alpha value is -1.35. The second-order valence-electron chi connectivity index (χ2n) is 4.44. The van der Waals surface area contributed by atoms with Crippen molar-refractivity contribution in [2.75, 3.05) is 15.2 Å². The third kappa shape index (κ3) is 4.10. The quantitative estimate of drug-likeness (QED) is 0.726. The van der Waals surface area contributed by atoms with Gasteiger partial charge in [-0.15, -0.1) is 0 Å². The van der Waals surface area contributed by atoms with Crippen molar-refractivity contribution in [3.05, 3.63) is 29.3 Å². The Labute approximate surface area is 132 Å². The first-order valence-corrected chi connectivity index (χ1v) is 9.18. The second-order valence-corrected chi connectivity index (χ2v) is 7.64. The molecule has 22 heavy (non-hydrogen) atoms. The van der Waals surface area contributed by atoms with E-state index in [0.29, 0.717) is 18.6 Å². The van der Waals surface area contributed by atoms with Crippen molar-refractivity contribution < 1.29 is 27.1 Å². The number of carbonyl (C=O) groups is 1. The summed E-state index contributed by atoms with van der Waals surface area (Å²) in [6, 6.07) is 1.69. The summed E-state index contributed by atoms with van der Waals surface area (Å²) in [5, 5.41) is 8.88. The molecule has 0 atom stereocenters. The standard InChI is InChI=1S/C13H17F2NO4S2/c1-3-7-21-16(22(19,20)8-4-2)10-6-5-9(14)11(12(10)15)13(17)18/h5-6H,3-4,7-8H2,1-2H3,(H,17,18). The van der Waals surface area contributed by atoms with Gasteiger partial charge in [0.2, 0.25) is 10.0 Å². The van der Waals surface area contributed by atoms with Crippen molar-refractivity contribution in [1.82, 2.24) is 0 Å². The molecule has 9 heteroatoms. The largest absolute Gasteiger partial charge is 0.477 e. The van der Waals surface area contributed by atoms with Crippen molar-refractivity contribution in [2.45, 2.75) is 26.7 Å². The molecule has 0 aliphatic rings. The Morgan fingerprint density at radius 1 is 1.27 bits per heavy atom. The van der Waals surface area contributed by atoms with E-state index in [1.807, 2.05) is 6.92 Å². The highest BCUT2D eigenvalue weighted by molar-refractivity contribution is 8.14. The molecule has 0 saturated carbocycles. The molecule has 1 rings (SSSR count). The van der Waals surface area contributed by atoms with Crippen molar-refractivity contribution in [3.63, 3.8) is 0 Å². The van der Waals surface area contributed by atoms with E-state index in [0.717, 1.165) is 27.8 Å². The zero-order valence-corrected chi connectivity index (χ0v) is 13.8. The Bertz CT molecular complexity index is 650. The zero-order chi connectivity index (χ0) is 16.9. The van der Waals surface area contributed by atoms with E-state index < -0.39 is 38.9 Å². The second kappa shape index (κ2) is 7.77. The Morgan fingerprint density at radius 3 is 2.41 bits per heavy atom. The van der Waals surface area contributed by atoms with Crippen LogP contribution < -0.4 is 3.71 Å². The van der Waals surface area contributed by atoms with E-state index in [9.17, 15) is 22.0 Å². The molecule has 0 heterocycles. The highest BCUT2D eigenvalue weighted by atomic mass is 32.3. The molecule has 0 amide bonds. The summed E-state index contributed by atoms with van der Waals surface area (Å²) < 4.78 is 53.0. The fourth-order valence-corrected chi connectivity index (χ4v) is 4.53. The summed E-state index contributed by atoms with van der Waals surface area (Å²) in [6.45, 7) is 3.48. The van der Waals surface area contributed by atoms with E-state index in [1.54, 1.807) is 6.92 Å². The molecule has 0 fully saturated rings. The van der Waals surface area contributed by atoms with Gasteiger partial charge in [0.15, 0.2) is 5.82 Å². The van der Waals surface area contributed by atoms with Crippen LogP contribution in [0, 0.1) is 11.6 Å². The van der Waals surface area contributed by atoms with E-state index in [1.165, 1.54) is 0 Å². The topological polar surface area (TPSA) is 74.7 Å². The van der Waals surface area contributed by atoms with Crippen LogP contribution in [0.2, 0.25) is 0 Å². The summed E-state index contributed by atoms with van der Waals surface area (Å²) in [5.74, 6) is -4.26. The summed E-state index contributed by atoms with van der Waals surface area (Å²) in [5.41, 5.74) is -1.63. The SMILES string of the molecule is CCCSN(c1ccc(F)c(C(=O)O)c1F)S(=O)(=O)CCC. The normalized spacial score (nSPS) is 11.5. The van der Waals surface area contributed by atoms with Crippen LogP contribution in [0.3, 0.4) is 0 Å². The van der Waals surface area contributed by atoms with E-state index in [2.05, 4.69) is 0 Å². The molecule has 0 aromatic heterocycles. The van der Waals surface area contributed by atoms with Gasteiger partial charge in [-0.2, -0.15) is 0 Å². The first-order chi connectivity index (χ1) is 10.3. The number of rotatable bonds is 8. The van der Waals surface area contributed by atoms with Crippen LogP contribution in [-0.4, -0.2) is 31.0 Å². The van der Waals surface area contributed by atoms with E-state index in [-0.39, 0.29) is 5.75 Å². The van der Waals surface area contributed by atoms with Crippen LogP contribution in [-0.2, 0) is 10.0 Å². The third-order valence-corrected chi connectivity index (χ3v) is 6.25. The maximum absolute atomic E-state index is 14.3. The maximum Gasteiger partial charge on any atom is 0.341 e. The smallest absolute Gasteiger partial charge is 0.341 e. The molecule has 1 N–H and O–H groups in total. The van der Waals surface area contributed by atoms with Crippen molar-refractivity contribution in [2.24, 2.45) is 0 Å². The van der Waals surface area contributed by atoms with Gasteiger partial charge in [-0.3, -0.25) is 0 Å². The molecule has 1 aromatic rings. The third-order valence-electron chi connectivity index (χ3n) is 2.61. The average Bonchev–Trinajstić information content (AvgIpc) is 2.40. The van der Waals surface area contributed by atoms with Crippen molar-refractivity contribution in [3.8, 4) is 0 Å². The Balaban J connectivity index is 3.44. The van der Waals surface area contributed by atoms with Gasteiger partial charge in [-0.1, -0.05) is 13.8 Å². The average molecular weight is 353 g/mol. The molecule has 1 aromatic carbocycles. The minimum atomic E-state index is -3.83. The molecular formula is C13H17F2NO4S2. The number of aromatic carboxylic acids is 1. The van der Waals surface area contributed by atoms with Gasteiger partial charge in [0.1, 0.15) is 17.1 Å². The van der Waals surface area contributed by atoms with Gasteiger partial charge in [-0.05, 0) is 36.9 Å². The van der Waals surface area contributed by atoms with E-state index >= 15 is 0 Å². The molecule has 0 spiro atoms. The van der Waals surface area contributed by atoms with Crippen molar-refractivity contribution >= 4 is 33.6 Å². The lowest BCUT2D eigenvalue weighted by atomic mass is 10.2. The molecular weight excluding hydrogens is 336 g/mol. The number of carboxylic acids is 1. The van der Waals surface area contributed by atoms with Gasteiger partial charge in [0.25, 0.3) is 0 Å². The summed E-state index contributed by atoms with van der Waals surface area (Å²) in [4.78, 5) is 11.0. The summed E-state index contributed by atoms with van der Waals surface area (Å²) >= 11 is 0.852. The highest BCUT2D eigenvalue weighted by Gasteiger charge is 2.29. The molecule has 124 valence electrons. The predicted octanol–water partition coefficient (Wildman–Crippen LogP) is 3.27. The van der Waals surface area contributed by atoms with Gasteiger partial charge in [-0.25, -0.2) is 25.7 Å². The molecule has 0 aliphatic heterocycles. The number of hydrogen-bond acceptors (Lipinski definition) is 4. The van der Waals surface area contributed by atoms with Gasteiger partial charge >= 0.3 is 5.97 Å². The number of nitrogens with zero attached hydrogens (tertiary/aromatic N) is 1. The van der Waals surface area contributed by atoms with Gasteiger partial charge in [0, 0.05) is 5.75 Å². The van der Waals surface area contributed by atoms with Crippen LogP contribution in [0.5, 0.6) is 0 Å². The fraction of sp³-hybridized carbons (Fsp3) is 0.462. The lowest BCUT2D eigenvalue weighted by Crippen LogP contribution is -2.28. The molecule has 5 nitrogen and oxygen atoms in total. The van der Waals surface area contributed by atoms with E-state index in [4.69, 9.17) is 5.11 Å². The summed E-state index contributed by atoms with van der Waals surface area (Å²) in [6.07, 6.45) is 0.956. The number of carboxylic acid groups (broad SMARTS) is 1. The monoisotopic (exact) mass is 353 g/mol. The number of benzene rings is 1. The molecule has 0 radical (unpaired) electrons. The first kappa shape index (κ1) is 18.7. The van der Waals surface area contributed by atoms with Crippen LogP contribution in [0.25, 0.3) is 0 Å². The van der Waals surface area contributed by atoms with Gasteiger partial charge < -0.3 is 5.11 Å². The van der Waals surface area contributed by atoms with Crippen LogP contribution in [0.1, 0.15) is 37.0 Å². The molecule has 0 unspecified atom stereocenters. The van der Waals surface area contributed by atoms with Crippen LogP contribution in [0.4, 0.5) is 14.5 Å². The van der Waals surface area contributed by atoms with Crippen LogP contribution >= 0.6 is 11.9 Å². The van der Waals surface area contributed by atoms with Gasteiger partial charge in [0.05, 0.1) is 5.75 Å². The minimum Gasteiger partial charge on any atom is -0.477 e. The fourth-order valence-electron chi connectivity index (χ4n) is 1.69. The number of hydrogen-bond donors (Lipinski definition) is 1. The lowest BCUT2D eigenvalue weighted by Gasteiger charge is -2.23. The number of sulfonamides is 1. The Morgan fingerprint density at radius 2 is 1.91 bits per heavy atom. The van der Waals surface area contributed by atoms with Crippen molar-refractivity contribution in [1.29, 1.82) is 0 Å². The van der Waals surface area contributed by atoms with Crippen LogP contribution in [0.15, 0.2) is 12.1 Å². The molecule has 0 bridgehead atoms. The number of halogens is 2. The minimum absolute atomic E-state index is 0.219. The number of anilines is 1. The lowest BCUT2D eigenvalue weighted by molar-refractivity contribution is 0.0686. The molecule has 0 aliphatic carbocycles. The summed E-state index contributed by atoms with van der Waals surface area (Å²) in [7, 11) is -3.83. The maximum atomic E-state index is 14.3. The first-order valence-electron chi connectivity index (χ1n) is 6.63. The highest BCUT2D eigenvalue weighted by Crippen LogP contribution is 2.32. The predicted molar refractivity (Wildman–Crippen MR) is 82.6 cm³/mol. The zero-order valence-electron chi connectivity index (χ0n) is 12.2. The molecule has 0 saturated heterocycles. The Kier molecular flexibility index (Phi) is 6.61.